The molecule has 4 rings (SSSR count). The van der Waals surface area contributed by atoms with Gasteiger partial charge in [-0.25, -0.2) is 18.9 Å². The lowest BCUT2D eigenvalue weighted by Gasteiger charge is -2.15. The maximum absolute atomic E-state index is 13.5. The Morgan fingerprint density at radius 1 is 1.32 bits per heavy atom. The van der Waals surface area contributed by atoms with E-state index in [0.29, 0.717) is 10.2 Å². The van der Waals surface area contributed by atoms with Gasteiger partial charge in [0.15, 0.2) is 5.16 Å². The molecule has 2 unspecified atom stereocenters. The minimum atomic E-state index is -0.808. The summed E-state index contributed by atoms with van der Waals surface area (Å²) < 4.78 is 25.8. The van der Waals surface area contributed by atoms with Crippen LogP contribution in [0.1, 0.15) is 17.2 Å². The summed E-state index contributed by atoms with van der Waals surface area (Å²) in [6.45, 7) is 0.272. The standard InChI is InChI=1S/C19H15ClFN3O3S/c1-26-18(25)28-17-22-11-23-24(17)10-19(12-6-8-13(21)9-7-12)16(27-19)14-4-2-3-5-15(14)20/h2-9,11,16H,10H2,1H3. The van der Waals surface area contributed by atoms with Crippen LogP contribution >= 0.6 is 23.4 Å². The molecular weight excluding hydrogens is 405 g/mol. The van der Waals surface area contributed by atoms with Crippen molar-refractivity contribution in [1.82, 2.24) is 14.8 Å². The van der Waals surface area contributed by atoms with Crippen molar-refractivity contribution in [2.75, 3.05) is 7.11 Å². The van der Waals surface area contributed by atoms with Crippen LogP contribution in [0.15, 0.2) is 60.0 Å². The van der Waals surface area contributed by atoms with E-state index in [-0.39, 0.29) is 18.5 Å². The SMILES string of the molecule is COC(=O)Sc1ncnn1CC1(c2ccc(F)cc2)OC1c1ccccc1Cl. The number of hydrogen-bond donors (Lipinski definition) is 0. The number of epoxide rings is 1. The summed E-state index contributed by atoms with van der Waals surface area (Å²) in [5, 5.41) is 4.68. The first kappa shape index (κ1) is 18.9. The van der Waals surface area contributed by atoms with Gasteiger partial charge in [0, 0.05) is 22.3 Å². The lowest BCUT2D eigenvalue weighted by atomic mass is 9.91. The van der Waals surface area contributed by atoms with E-state index in [1.807, 2.05) is 18.2 Å². The van der Waals surface area contributed by atoms with Crippen molar-refractivity contribution in [3.8, 4) is 0 Å². The van der Waals surface area contributed by atoms with Crippen molar-refractivity contribution in [1.29, 1.82) is 0 Å². The number of hydrogen-bond acceptors (Lipinski definition) is 6. The third-order valence-electron chi connectivity index (χ3n) is 4.52. The van der Waals surface area contributed by atoms with Crippen molar-refractivity contribution >= 4 is 28.7 Å². The highest BCUT2D eigenvalue weighted by Crippen LogP contribution is 2.59. The van der Waals surface area contributed by atoms with Crippen LogP contribution in [-0.4, -0.2) is 27.2 Å². The molecule has 1 aromatic heterocycles. The van der Waals surface area contributed by atoms with Gasteiger partial charge in [0.25, 0.3) is 0 Å². The predicted molar refractivity (Wildman–Crippen MR) is 102 cm³/mol. The second-order valence-corrected chi connectivity index (χ2v) is 7.48. The molecule has 1 aliphatic heterocycles. The van der Waals surface area contributed by atoms with Crippen LogP contribution in [0.25, 0.3) is 0 Å². The van der Waals surface area contributed by atoms with Gasteiger partial charge < -0.3 is 9.47 Å². The zero-order valence-corrected chi connectivity index (χ0v) is 16.3. The van der Waals surface area contributed by atoms with Crippen molar-refractivity contribution in [2.45, 2.75) is 23.4 Å². The number of carbonyl (C=O) groups excluding carboxylic acids is 1. The first-order valence-corrected chi connectivity index (χ1v) is 9.55. The third-order valence-corrected chi connectivity index (χ3v) is 5.70. The number of rotatable bonds is 5. The summed E-state index contributed by atoms with van der Waals surface area (Å²) in [4.78, 5) is 15.7. The molecule has 0 saturated carbocycles. The Morgan fingerprint density at radius 3 is 2.79 bits per heavy atom. The second kappa shape index (κ2) is 7.54. The van der Waals surface area contributed by atoms with E-state index in [0.717, 1.165) is 22.9 Å². The molecule has 2 atom stereocenters. The predicted octanol–water partition coefficient (Wildman–Crippen LogP) is 4.60. The Kier molecular flexibility index (Phi) is 5.09. The number of thioether (sulfide) groups is 1. The molecule has 0 aliphatic carbocycles. The average Bonchev–Trinajstić information content (AvgIpc) is 3.26. The zero-order chi connectivity index (χ0) is 19.7. The van der Waals surface area contributed by atoms with Crippen LogP contribution in [0.4, 0.5) is 9.18 Å². The lowest BCUT2D eigenvalue weighted by Crippen LogP contribution is -2.21. The molecule has 9 heteroatoms. The molecule has 2 aromatic carbocycles. The monoisotopic (exact) mass is 419 g/mol. The molecule has 0 amide bonds. The molecule has 1 fully saturated rings. The van der Waals surface area contributed by atoms with E-state index in [9.17, 15) is 9.18 Å². The number of aromatic nitrogens is 3. The van der Waals surface area contributed by atoms with Crippen molar-refractivity contribution in [3.63, 3.8) is 0 Å². The molecule has 0 N–H and O–H groups in total. The van der Waals surface area contributed by atoms with Gasteiger partial charge in [-0.15, -0.1) is 0 Å². The van der Waals surface area contributed by atoms with Gasteiger partial charge in [-0.2, -0.15) is 5.10 Å². The van der Waals surface area contributed by atoms with Crippen molar-refractivity contribution < 1.29 is 18.7 Å². The van der Waals surface area contributed by atoms with Gasteiger partial charge in [0.05, 0.1) is 13.7 Å². The smallest absolute Gasteiger partial charge is 0.374 e. The van der Waals surface area contributed by atoms with Crippen LogP contribution in [0, 0.1) is 5.82 Å². The summed E-state index contributed by atoms with van der Waals surface area (Å²) in [5.41, 5.74) is 0.803. The second-order valence-electron chi connectivity index (χ2n) is 6.17. The quantitative estimate of drug-likeness (QED) is 0.342. The van der Waals surface area contributed by atoms with E-state index >= 15 is 0 Å². The summed E-state index contributed by atoms with van der Waals surface area (Å²) >= 11 is 7.19. The van der Waals surface area contributed by atoms with Gasteiger partial charge in [0.1, 0.15) is 23.8 Å². The van der Waals surface area contributed by atoms with Gasteiger partial charge in [-0.05, 0) is 23.8 Å². The molecule has 28 heavy (non-hydrogen) atoms. The van der Waals surface area contributed by atoms with Gasteiger partial charge in [-0.3, -0.25) is 0 Å². The number of methoxy groups -OCH3 is 1. The summed E-state index contributed by atoms with van der Waals surface area (Å²) in [6, 6.07) is 13.5. The van der Waals surface area contributed by atoms with E-state index in [1.54, 1.807) is 22.9 Å². The molecule has 1 aliphatic rings. The Labute approximate surface area is 169 Å². The molecule has 0 bridgehead atoms. The fourth-order valence-electron chi connectivity index (χ4n) is 3.12. The molecule has 0 radical (unpaired) electrons. The Morgan fingerprint density at radius 2 is 2.07 bits per heavy atom. The van der Waals surface area contributed by atoms with Crippen LogP contribution in [0.2, 0.25) is 5.02 Å². The van der Waals surface area contributed by atoms with Crippen LogP contribution in [0.5, 0.6) is 0 Å². The van der Waals surface area contributed by atoms with Crippen LogP contribution in [-0.2, 0) is 21.6 Å². The lowest BCUT2D eigenvalue weighted by molar-refractivity contribution is 0.200. The molecule has 1 saturated heterocycles. The molecule has 6 nitrogen and oxygen atoms in total. The Balaban J connectivity index is 1.70. The molecule has 2 heterocycles. The van der Waals surface area contributed by atoms with E-state index in [4.69, 9.17) is 16.3 Å². The Hall–Kier alpha value is -2.42. The first-order chi connectivity index (χ1) is 13.5. The highest BCUT2D eigenvalue weighted by Gasteiger charge is 2.59. The van der Waals surface area contributed by atoms with Crippen molar-refractivity contribution in [3.05, 3.63) is 76.8 Å². The highest BCUT2D eigenvalue weighted by molar-refractivity contribution is 8.13. The average molecular weight is 420 g/mol. The number of halogens is 2. The molecule has 144 valence electrons. The summed E-state index contributed by atoms with van der Waals surface area (Å²) in [7, 11) is 1.30. The van der Waals surface area contributed by atoms with Gasteiger partial charge >= 0.3 is 5.30 Å². The largest absolute Gasteiger partial charge is 0.461 e. The van der Waals surface area contributed by atoms with E-state index in [1.165, 1.54) is 25.6 Å². The van der Waals surface area contributed by atoms with Crippen LogP contribution in [0.3, 0.4) is 0 Å². The molecule has 3 aromatic rings. The zero-order valence-electron chi connectivity index (χ0n) is 14.7. The number of carbonyl (C=O) groups is 1. The van der Waals surface area contributed by atoms with Crippen molar-refractivity contribution in [2.24, 2.45) is 0 Å². The number of benzene rings is 2. The highest BCUT2D eigenvalue weighted by atomic mass is 35.5. The maximum atomic E-state index is 13.5. The fourth-order valence-corrected chi connectivity index (χ4v) is 3.91. The maximum Gasteiger partial charge on any atom is 0.374 e. The first-order valence-electron chi connectivity index (χ1n) is 8.35. The molecule has 0 spiro atoms. The minimum absolute atomic E-state index is 0.272. The van der Waals surface area contributed by atoms with Gasteiger partial charge in [0.2, 0.25) is 0 Å². The molecular formula is C19H15ClFN3O3S. The normalized spacial score (nSPS) is 20.8. The van der Waals surface area contributed by atoms with E-state index in [2.05, 4.69) is 14.8 Å². The van der Waals surface area contributed by atoms with E-state index < -0.39 is 10.9 Å². The topological polar surface area (TPSA) is 69.5 Å². The summed E-state index contributed by atoms with van der Waals surface area (Å²) in [5.74, 6) is -0.337. The van der Waals surface area contributed by atoms with Crippen LogP contribution < -0.4 is 0 Å². The third kappa shape index (κ3) is 3.50. The minimum Gasteiger partial charge on any atom is -0.461 e. The fraction of sp³-hybridized carbons (Fsp3) is 0.211. The Bertz CT molecular complexity index is 1010. The number of ether oxygens (including phenoxy) is 2. The number of nitrogens with zero attached hydrogens (tertiary/aromatic N) is 3. The van der Waals surface area contributed by atoms with Gasteiger partial charge in [-0.1, -0.05) is 41.9 Å². The summed E-state index contributed by atoms with van der Waals surface area (Å²) in [6.07, 6.45) is 1.02.